The molecule has 7 heteroatoms. The van der Waals surface area contributed by atoms with Crippen molar-refractivity contribution in [1.29, 1.82) is 0 Å². The fourth-order valence-corrected chi connectivity index (χ4v) is 2.40. The summed E-state index contributed by atoms with van der Waals surface area (Å²) in [5.74, 6) is 0.321. The van der Waals surface area contributed by atoms with Crippen LogP contribution in [0.2, 0.25) is 5.02 Å². The molecule has 6 nitrogen and oxygen atoms in total. The lowest BCUT2D eigenvalue weighted by molar-refractivity contribution is -0.116. The van der Waals surface area contributed by atoms with Gasteiger partial charge in [0.15, 0.2) is 0 Å². The van der Waals surface area contributed by atoms with Crippen LogP contribution in [0, 0.1) is 13.8 Å². The molecular formula is C16H14ClN3O3. The fraction of sp³-hybridized carbons (Fsp3) is 0.188. The third-order valence-electron chi connectivity index (χ3n) is 3.60. The molecule has 0 radical (unpaired) electrons. The van der Waals surface area contributed by atoms with E-state index in [1.807, 2.05) is 0 Å². The maximum atomic E-state index is 12.5. The van der Waals surface area contributed by atoms with Crippen LogP contribution in [-0.4, -0.2) is 15.5 Å². The molecule has 3 rings (SSSR count). The van der Waals surface area contributed by atoms with Crippen molar-refractivity contribution >= 4 is 34.3 Å². The third-order valence-corrected chi connectivity index (χ3v) is 3.85. The summed E-state index contributed by atoms with van der Waals surface area (Å²) in [5, 5.41) is 3.69. The number of halogens is 1. The molecule has 23 heavy (non-hydrogen) atoms. The number of nitrogens with one attached hydrogen (secondary N) is 1. The van der Waals surface area contributed by atoms with Crippen molar-refractivity contribution in [1.82, 2.24) is 9.55 Å². The van der Waals surface area contributed by atoms with Crippen LogP contribution in [0.1, 0.15) is 11.3 Å². The van der Waals surface area contributed by atoms with E-state index < -0.39 is 0 Å². The molecule has 0 unspecified atom stereocenters. The monoisotopic (exact) mass is 331 g/mol. The van der Waals surface area contributed by atoms with Crippen LogP contribution in [0.5, 0.6) is 0 Å². The quantitative estimate of drug-likeness (QED) is 0.800. The SMILES string of the molecule is Cc1oc2ncn(CC(=O)Nc3ccc(Cl)cc3)c(=O)c2c1C. The average molecular weight is 332 g/mol. The third kappa shape index (κ3) is 2.98. The highest BCUT2D eigenvalue weighted by molar-refractivity contribution is 6.30. The van der Waals surface area contributed by atoms with E-state index in [2.05, 4.69) is 10.3 Å². The van der Waals surface area contributed by atoms with Crippen molar-refractivity contribution in [2.45, 2.75) is 20.4 Å². The summed E-state index contributed by atoms with van der Waals surface area (Å²) in [7, 11) is 0. The smallest absolute Gasteiger partial charge is 0.265 e. The number of aryl methyl sites for hydroxylation is 2. The summed E-state index contributed by atoms with van der Waals surface area (Å²) in [6, 6.07) is 6.73. The van der Waals surface area contributed by atoms with Gasteiger partial charge in [-0.2, -0.15) is 0 Å². The van der Waals surface area contributed by atoms with Gasteiger partial charge >= 0.3 is 0 Å². The van der Waals surface area contributed by atoms with E-state index in [0.717, 1.165) is 5.56 Å². The molecule has 2 aromatic heterocycles. The summed E-state index contributed by atoms with van der Waals surface area (Å²) in [6.45, 7) is 3.43. The van der Waals surface area contributed by atoms with Gasteiger partial charge in [-0.1, -0.05) is 11.6 Å². The van der Waals surface area contributed by atoms with E-state index in [9.17, 15) is 9.59 Å². The van der Waals surface area contributed by atoms with Crippen LogP contribution in [0.3, 0.4) is 0 Å². The Bertz CT molecular complexity index is 942. The second-order valence-electron chi connectivity index (χ2n) is 5.20. The van der Waals surface area contributed by atoms with Crippen LogP contribution < -0.4 is 10.9 Å². The lowest BCUT2D eigenvalue weighted by atomic mass is 10.2. The Labute approximate surface area is 136 Å². The first-order valence-corrected chi connectivity index (χ1v) is 7.34. The molecule has 3 aromatic rings. The largest absolute Gasteiger partial charge is 0.443 e. The molecule has 0 bridgehead atoms. The number of anilines is 1. The van der Waals surface area contributed by atoms with Crippen molar-refractivity contribution in [2.24, 2.45) is 0 Å². The molecule has 0 aliphatic heterocycles. The van der Waals surface area contributed by atoms with Crippen molar-refractivity contribution in [3.8, 4) is 0 Å². The summed E-state index contributed by atoms with van der Waals surface area (Å²) in [4.78, 5) is 28.6. The molecule has 0 saturated carbocycles. The van der Waals surface area contributed by atoms with Gasteiger partial charge in [-0.3, -0.25) is 14.2 Å². The van der Waals surface area contributed by atoms with Gasteiger partial charge in [0, 0.05) is 16.3 Å². The number of aromatic nitrogens is 2. The van der Waals surface area contributed by atoms with Gasteiger partial charge in [-0.15, -0.1) is 0 Å². The number of rotatable bonds is 3. The zero-order chi connectivity index (χ0) is 16.6. The van der Waals surface area contributed by atoms with E-state index in [1.54, 1.807) is 38.1 Å². The highest BCUT2D eigenvalue weighted by Crippen LogP contribution is 2.19. The number of carbonyl (C=O) groups excluding carboxylic acids is 1. The van der Waals surface area contributed by atoms with Crippen LogP contribution >= 0.6 is 11.6 Å². The zero-order valence-electron chi connectivity index (χ0n) is 12.6. The molecule has 1 aromatic carbocycles. The zero-order valence-corrected chi connectivity index (χ0v) is 13.3. The number of nitrogens with zero attached hydrogens (tertiary/aromatic N) is 2. The molecule has 1 amide bonds. The number of fused-ring (bicyclic) bond motifs is 1. The fourth-order valence-electron chi connectivity index (χ4n) is 2.27. The molecule has 2 heterocycles. The van der Waals surface area contributed by atoms with E-state index in [4.69, 9.17) is 16.0 Å². The molecule has 0 saturated heterocycles. The lowest BCUT2D eigenvalue weighted by Gasteiger charge is -2.07. The highest BCUT2D eigenvalue weighted by Gasteiger charge is 2.15. The Morgan fingerprint density at radius 2 is 2.00 bits per heavy atom. The maximum Gasteiger partial charge on any atom is 0.265 e. The molecule has 0 spiro atoms. The number of furan rings is 1. The van der Waals surface area contributed by atoms with Crippen molar-refractivity contribution < 1.29 is 9.21 Å². The Balaban J connectivity index is 1.85. The van der Waals surface area contributed by atoms with Gasteiger partial charge in [0.25, 0.3) is 5.56 Å². The summed E-state index contributed by atoms with van der Waals surface area (Å²) in [5.41, 5.74) is 1.34. The van der Waals surface area contributed by atoms with Gasteiger partial charge in [0.1, 0.15) is 24.0 Å². The highest BCUT2D eigenvalue weighted by atomic mass is 35.5. The second-order valence-corrected chi connectivity index (χ2v) is 5.63. The Morgan fingerprint density at radius 3 is 2.70 bits per heavy atom. The minimum Gasteiger partial charge on any atom is -0.443 e. The first-order chi connectivity index (χ1) is 11.0. The van der Waals surface area contributed by atoms with Gasteiger partial charge < -0.3 is 9.73 Å². The average Bonchev–Trinajstić information content (AvgIpc) is 2.80. The van der Waals surface area contributed by atoms with Crippen molar-refractivity contribution in [3.05, 3.63) is 57.3 Å². The van der Waals surface area contributed by atoms with Crippen LogP contribution in [0.4, 0.5) is 5.69 Å². The van der Waals surface area contributed by atoms with Gasteiger partial charge in [-0.05, 0) is 38.1 Å². The summed E-state index contributed by atoms with van der Waals surface area (Å²) < 4.78 is 6.67. The first-order valence-electron chi connectivity index (χ1n) is 6.96. The molecule has 0 aliphatic rings. The Kier molecular flexibility index (Phi) is 3.92. The minimum absolute atomic E-state index is 0.131. The van der Waals surface area contributed by atoms with Gasteiger partial charge in [-0.25, -0.2) is 4.98 Å². The van der Waals surface area contributed by atoms with Gasteiger partial charge in [0.05, 0.1) is 0 Å². The standard InChI is InChI=1S/C16H14ClN3O3/c1-9-10(2)23-15-14(9)16(22)20(8-18-15)7-13(21)19-12-5-3-11(17)4-6-12/h3-6,8H,7H2,1-2H3,(H,19,21). The topological polar surface area (TPSA) is 77.1 Å². The molecule has 0 fully saturated rings. The first kappa shape index (κ1) is 15.3. The Morgan fingerprint density at radius 1 is 1.30 bits per heavy atom. The summed E-state index contributed by atoms with van der Waals surface area (Å²) >= 11 is 5.80. The molecule has 118 valence electrons. The van der Waals surface area contributed by atoms with Gasteiger partial charge in [0.2, 0.25) is 11.6 Å². The number of carbonyl (C=O) groups is 1. The second kappa shape index (κ2) is 5.89. The maximum absolute atomic E-state index is 12.5. The number of hydrogen-bond donors (Lipinski definition) is 1. The van der Waals surface area contributed by atoms with E-state index in [1.165, 1.54) is 10.9 Å². The number of hydrogen-bond acceptors (Lipinski definition) is 4. The van der Waals surface area contributed by atoms with Crippen LogP contribution in [0.15, 0.2) is 39.8 Å². The van der Waals surface area contributed by atoms with Crippen molar-refractivity contribution in [3.63, 3.8) is 0 Å². The summed E-state index contributed by atoms with van der Waals surface area (Å²) in [6.07, 6.45) is 1.31. The molecule has 0 atom stereocenters. The Hall–Kier alpha value is -2.60. The van der Waals surface area contributed by atoms with E-state index >= 15 is 0 Å². The number of benzene rings is 1. The van der Waals surface area contributed by atoms with E-state index in [0.29, 0.717) is 27.6 Å². The van der Waals surface area contributed by atoms with Crippen LogP contribution in [0.25, 0.3) is 11.1 Å². The molecular weight excluding hydrogens is 318 g/mol. The van der Waals surface area contributed by atoms with E-state index in [-0.39, 0.29) is 18.0 Å². The van der Waals surface area contributed by atoms with Crippen molar-refractivity contribution in [2.75, 3.05) is 5.32 Å². The predicted octanol–water partition coefficient (Wildman–Crippen LogP) is 2.90. The molecule has 1 N–H and O–H groups in total. The minimum atomic E-state index is -0.326. The predicted molar refractivity (Wildman–Crippen MR) is 87.8 cm³/mol. The van der Waals surface area contributed by atoms with Crippen LogP contribution in [-0.2, 0) is 11.3 Å². The number of amides is 1. The lowest BCUT2D eigenvalue weighted by Crippen LogP contribution is -2.27. The normalized spacial score (nSPS) is 10.9. The molecule has 0 aliphatic carbocycles.